The van der Waals surface area contributed by atoms with Gasteiger partial charge in [0.25, 0.3) is 0 Å². The number of nitrogens with zero attached hydrogens (tertiary/aromatic N) is 2. The van der Waals surface area contributed by atoms with Gasteiger partial charge in [-0.15, -0.1) is 0 Å². The number of carbonyl (C=O) groups is 1. The van der Waals surface area contributed by atoms with Crippen molar-refractivity contribution in [3.63, 3.8) is 0 Å². The molecule has 2 aromatic heterocycles. The van der Waals surface area contributed by atoms with Crippen LogP contribution in [0.1, 0.15) is 48.0 Å². The predicted octanol–water partition coefficient (Wildman–Crippen LogP) is 7.50. The molecular weight excluding hydrogens is 474 g/mol. The Morgan fingerprint density at radius 3 is 2.53 bits per heavy atom. The molecule has 9 heteroatoms. The van der Waals surface area contributed by atoms with Gasteiger partial charge in [0.2, 0.25) is 0 Å². The van der Waals surface area contributed by atoms with Crippen molar-refractivity contribution in [3.8, 4) is 0 Å². The Bertz CT molecular complexity index is 1360. The van der Waals surface area contributed by atoms with Crippen molar-refractivity contribution >= 4 is 28.2 Å². The molecule has 0 bridgehead atoms. The van der Waals surface area contributed by atoms with E-state index in [9.17, 15) is 22.4 Å². The summed E-state index contributed by atoms with van der Waals surface area (Å²) in [5.41, 5.74) is 1.26. The maximum atomic E-state index is 14.6. The molecule has 0 saturated carbocycles. The van der Waals surface area contributed by atoms with Gasteiger partial charge in [-0.1, -0.05) is 32.0 Å². The SMILES string of the molecule is CC.CCOC(=O)c1c(Nc2ccc(C)cc2F)c2cnccc2n1Cc1cccc(C(F)(F)F)c1. The molecule has 0 atom stereocenters. The smallest absolute Gasteiger partial charge is 0.416 e. The normalized spacial score (nSPS) is 11.1. The second-order valence-corrected chi connectivity index (χ2v) is 7.73. The molecule has 0 aliphatic rings. The van der Waals surface area contributed by atoms with Crippen LogP contribution in [0.5, 0.6) is 0 Å². The molecule has 4 rings (SSSR count). The van der Waals surface area contributed by atoms with Crippen LogP contribution in [0.2, 0.25) is 0 Å². The van der Waals surface area contributed by atoms with Gasteiger partial charge in [-0.05, 0) is 55.3 Å². The zero-order valence-electron chi connectivity index (χ0n) is 20.4. The molecule has 2 aromatic carbocycles. The van der Waals surface area contributed by atoms with E-state index in [4.69, 9.17) is 4.74 Å². The quantitative estimate of drug-likeness (QED) is 0.220. The number of benzene rings is 2. The fraction of sp³-hybridized carbons (Fsp3) is 0.259. The maximum Gasteiger partial charge on any atom is 0.416 e. The second kappa shape index (κ2) is 11.2. The summed E-state index contributed by atoms with van der Waals surface area (Å²) in [6, 6.07) is 11.1. The summed E-state index contributed by atoms with van der Waals surface area (Å²) in [6.45, 7) is 7.44. The molecule has 0 aliphatic carbocycles. The van der Waals surface area contributed by atoms with E-state index in [1.807, 2.05) is 13.8 Å². The van der Waals surface area contributed by atoms with Crippen LogP contribution in [0.25, 0.3) is 10.9 Å². The minimum atomic E-state index is -4.50. The number of fused-ring (bicyclic) bond motifs is 1. The molecule has 5 nitrogen and oxygen atoms in total. The van der Waals surface area contributed by atoms with Crippen molar-refractivity contribution in [3.05, 3.63) is 89.1 Å². The van der Waals surface area contributed by atoms with Crippen molar-refractivity contribution in [1.29, 1.82) is 0 Å². The minimum absolute atomic E-state index is 0.0450. The van der Waals surface area contributed by atoms with Gasteiger partial charge < -0.3 is 14.6 Å². The van der Waals surface area contributed by atoms with Crippen LogP contribution in [0, 0.1) is 12.7 Å². The number of aromatic nitrogens is 2. The molecule has 2 heterocycles. The number of pyridine rings is 1. The molecule has 0 fully saturated rings. The minimum Gasteiger partial charge on any atom is -0.461 e. The maximum absolute atomic E-state index is 14.6. The Labute approximate surface area is 206 Å². The van der Waals surface area contributed by atoms with Crippen molar-refractivity contribution in [1.82, 2.24) is 9.55 Å². The molecule has 190 valence electrons. The molecule has 0 unspecified atom stereocenters. The molecule has 0 amide bonds. The summed E-state index contributed by atoms with van der Waals surface area (Å²) in [5, 5.41) is 3.47. The lowest BCUT2D eigenvalue weighted by Gasteiger charge is -2.14. The Morgan fingerprint density at radius 2 is 1.86 bits per heavy atom. The van der Waals surface area contributed by atoms with Crippen molar-refractivity contribution < 1.29 is 27.1 Å². The first-order chi connectivity index (χ1) is 17.2. The number of nitrogens with one attached hydrogen (secondary N) is 1. The van der Waals surface area contributed by atoms with E-state index in [1.54, 1.807) is 42.7 Å². The summed E-state index contributed by atoms with van der Waals surface area (Å²) in [7, 11) is 0. The van der Waals surface area contributed by atoms with Gasteiger partial charge >= 0.3 is 12.1 Å². The van der Waals surface area contributed by atoms with Crippen molar-refractivity contribution in [2.24, 2.45) is 0 Å². The Balaban J connectivity index is 0.00000176. The number of esters is 1. The number of anilines is 2. The number of halogens is 4. The molecule has 36 heavy (non-hydrogen) atoms. The van der Waals surface area contributed by atoms with Crippen LogP contribution in [0.4, 0.5) is 28.9 Å². The number of ether oxygens (including phenoxy) is 1. The largest absolute Gasteiger partial charge is 0.461 e. The van der Waals surface area contributed by atoms with E-state index in [1.165, 1.54) is 24.5 Å². The van der Waals surface area contributed by atoms with Crippen LogP contribution in [-0.2, 0) is 17.5 Å². The number of hydrogen-bond acceptors (Lipinski definition) is 4. The predicted molar refractivity (Wildman–Crippen MR) is 132 cm³/mol. The first kappa shape index (κ1) is 26.7. The summed E-state index contributed by atoms with van der Waals surface area (Å²) < 4.78 is 61.2. The first-order valence-electron chi connectivity index (χ1n) is 11.5. The fourth-order valence-corrected chi connectivity index (χ4v) is 3.79. The fourth-order valence-electron chi connectivity index (χ4n) is 3.79. The van der Waals surface area contributed by atoms with Gasteiger partial charge in [0.15, 0.2) is 5.69 Å². The second-order valence-electron chi connectivity index (χ2n) is 7.73. The zero-order valence-corrected chi connectivity index (χ0v) is 20.4. The van der Waals surface area contributed by atoms with E-state index >= 15 is 0 Å². The number of hydrogen-bond donors (Lipinski definition) is 1. The Hall–Kier alpha value is -3.88. The van der Waals surface area contributed by atoms with Gasteiger partial charge in [0.05, 0.1) is 29.1 Å². The van der Waals surface area contributed by atoms with Crippen LogP contribution in [0.3, 0.4) is 0 Å². The lowest BCUT2D eigenvalue weighted by atomic mass is 10.1. The average Bonchev–Trinajstić information content (AvgIpc) is 3.15. The van der Waals surface area contributed by atoms with E-state index in [-0.39, 0.29) is 30.2 Å². The Kier molecular flexibility index (Phi) is 8.34. The number of carbonyl (C=O) groups excluding carboxylic acids is 1. The summed E-state index contributed by atoms with van der Waals surface area (Å²) in [6.07, 6.45) is -1.48. The molecule has 0 aliphatic heterocycles. The number of alkyl halides is 3. The van der Waals surface area contributed by atoms with E-state index in [0.29, 0.717) is 16.5 Å². The average molecular weight is 502 g/mol. The highest BCUT2D eigenvalue weighted by Gasteiger charge is 2.31. The highest BCUT2D eigenvalue weighted by molar-refractivity contribution is 6.07. The third-order valence-corrected chi connectivity index (χ3v) is 5.31. The van der Waals surface area contributed by atoms with E-state index in [0.717, 1.165) is 17.7 Å². The van der Waals surface area contributed by atoms with Gasteiger partial charge in [0.1, 0.15) is 5.82 Å². The standard InChI is InChI=1S/C25H21F4N3O2.C2H6/c1-3-34-24(33)23-22(31-20-8-7-15(2)11-19(20)26)18-13-30-10-9-21(18)32(23)14-16-5-4-6-17(12-16)25(27,28)29;1-2/h4-13,31H,3,14H2,1-2H3;1-2H3. The topological polar surface area (TPSA) is 56.1 Å². The van der Waals surface area contributed by atoms with Gasteiger partial charge in [0, 0.05) is 24.3 Å². The highest BCUT2D eigenvalue weighted by Crippen LogP contribution is 2.36. The molecule has 0 radical (unpaired) electrons. The lowest BCUT2D eigenvalue weighted by molar-refractivity contribution is -0.137. The van der Waals surface area contributed by atoms with Crippen LogP contribution in [0.15, 0.2) is 60.9 Å². The van der Waals surface area contributed by atoms with Gasteiger partial charge in [-0.2, -0.15) is 13.2 Å². The first-order valence-corrected chi connectivity index (χ1v) is 11.5. The molecule has 0 spiro atoms. The zero-order chi connectivity index (χ0) is 26.5. The van der Waals surface area contributed by atoms with Gasteiger partial charge in [-0.3, -0.25) is 4.98 Å². The molecule has 4 aromatic rings. The Morgan fingerprint density at radius 1 is 1.11 bits per heavy atom. The van der Waals surface area contributed by atoms with Crippen molar-refractivity contribution in [2.75, 3.05) is 11.9 Å². The molecule has 0 saturated heterocycles. The van der Waals surface area contributed by atoms with Crippen LogP contribution >= 0.6 is 0 Å². The van der Waals surface area contributed by atoms with Crippen LogP contribution < -0.4 is 5.32 Å². The lowest BCUT2D eigenvalue weighted by Crippen LogP contribution is -2.15. The number of rotatable bonds is 6. The van der Waals surface area contributed by atoms with Gasteiger partial charge in [-0.25, -0.2) is 9.18 Å². The third-order valence-electron chi connectivity index (χ3n) is 5.31. The van der Waals surface area contributed by atoms with E-state index < -0.39 is 23.5 Å². The highest BCUT2D eigenvalue weighted by atomic mass is 19.4. The van der Waals surface area contributed by atoms with E-state index in [2.05, 4.69) is 10.3 Å². The molecular formula is C27H27F4N3O2. The van der Waals surface area contributed by atoms with Crippen molar-refractivity contribution in [2.45, 2.75) is 40.4 Å². The summed E-state index contributed by atoms with van der Waals surface area (Å²) in [4.78, 5) is 17.1. The molecule has 1 N–H and O–H groups in total. The van der Waals surface area contributed by atoms with Crippen LogP contribution in [-0.4, -0.2) is 22.1 Å². The summed E-state index contributed by atoms with van der Waals surface area (Å²) >= 11 is 0. The third kappa shape index (κ3) is 5.67. The number of aryl methyl sites for hydroxylation is 1. The monoisotopic (exact) mass is 501 g/mol. The summed E-state index contributed by atoms with van der Waals surface area (Å²) in [5.74, 6) is -1.21.